The molecule has 0 aromatic heterocycles. The quantitative estimate of drug-likeness (QED) is 0.667. The molecule has 0 bridgehead atoms. The number of benzene rings is 1. The molecule has 114 valence electrons. The molecule has 1 N–H and O–H groups in total. The van der Waals surface area contributed by atoms with Gasteiger partial charge in [0.1, 0.15) is 6.07 Å². The standard InChI is InChI=1S/C13H12F3NO3S/c1-2-20-12(19)5-8-4-11(21-13(14,15)16)9(6-17)3-10(8)7-18/h3-4,18H,2,5,7H2,1H3. The number of carbonyl (C=O) groups excluding carboxylic acids is 1. The number of halogens is 3. The van der Waals surface area contributed by atoms with Gasteiger partial charge in [0.05, 0.1) is 25.2 Å². The molecular weight excluding hydrogens is 307 g/mol. The van der Waals surface area contributed by atoms with Crippen LogP contribution in [-0.2, 0) is 22.6 Å². The molecule has 0 atom stereocenters. The van der Waals surface area contributed by atoms with Crippen molar-refractivity contribution in [2.45, 2.75) is 30.4 Å². The molecular formula is C13H12F3NO3S. The highest BCUT2D eigenvalue weighted by Crippen LogP contribution is 2.39. The van der Waals surface area contributed by atoms with Gasteiger partial charge in [0.15, 0.2) is 0 Å². The van der Waals surface area contributed by atoms with Crippen LogP contribution in [-0.4, -0.2) is 23.2 Å². The number of hydrogen-bond acceptors (Lipinski definition) is 5. The average molecular weight is 319 g/mol. The van der Waals surface area contributed by atoms with Gasteiger partial charge >= 0.3 is 11.5 Å². The van der Waals surface area contributed by atoms with Crippen LogP contribution in [0.5, 0.6) is 0 Å². The van der Waals surface area contributed by atoms with Crippen molar-refractivity contribution in [1.29, 1.82) is 5.26 Å². The molecule has 0 unspecified atom stereocenters. The van der Waals surface area contributed by atoms with E-state index in [1.54, 1.807) is 13.0 Å². The normalized spacial score (nSPS) is 11.0. The predicted molar refractivity (Wildman–Crippen MR) is 69.3 cm³/mol. The summed E-state index contributed by atoms with van der Waals surface area (Å²) in [4.78, 5) is 11.1. The van der Waals surface area contributed by atoms with Crippen LogP contribution in [0.25, 0.3) is 0 Å². The monoisotopic (exact) mass is 319 g/mol. The SMILES string of the molecule is CCOC(=O)Cc1cc(SC(F)(F)F)c(C#N)cc1CO. The summed E-state index contributed by atoms with van der Waals surface area (Å²) >= 11 is -0.431. The van der Waals surface area contributed by atoms with Gasteiger partial charge in [-0.3, -0.25) is 4.79 Å². The maximum absolute atomic E-state index is 12.5. The zero-order chi connectivity index (χ0) is 16.0. The van der Waals surface area contributed by atoms with Crippen LogP contribution >= 0.6 is 11.8 Å². The van der Waals surface area contributed by atoms with Gasteiger partial charge in [-0.15, -0.1) is 0 Å². The lowest BCUT2D eigenvalue weighted by molar-refractivity contribution is -0.142. The van der Waals surface area contributed by atoms with E-state index in [1.807, 2.05) is 0 Å². The Hall–Kier alpha value is -1.72. The Labute approximate surface area is 123 Å². The third-order valence-electron chi connectivity index (χ3n) is 2.46. The number of hydrogen-bond donors (Lipinski definition) is 1. The van der Waals surface area contributed by atoms with Gasteiger partial charge in [0, 0.05) is 4.90 Å². The summed E-state index contributed by atoms with van der Waals surface area (Å²) in [6.07, 6.45) is -0.263. The van der Waals surface area contributed by atoms with E-state index in [0.717, 1.165) is 12.1 Å². The number of carbonyl (C=O) groups is 1. The van der Waals surface area contributed by atoms with Crippen LogP contribution in [0.15, 0.2) is 17.0 Å². The number of esters is 1. The summed E-state index contributed by atoms with van der Waals surface area (Å²) in [5.41, 5.74) is -4.31. The molecule has 1 aromatic carbocycles. The van der Waals surface area contributed by atoms with Crippen LogP contribution in [0.1, 0.15) is 23.6 Å². The molecule has 8 heteroatoms. The average Bonchev–Trinajstić information content (AvgIpc) is 2.37. The molecule has 4 nitrogen and oxygen atoms in total. The molecule has 0 aliphatic carbocycles. The second-order valence-corrected chi connectivity index (χ2v) is 5.02. The van der Waals surface area contributed by atoms with Crippen molar-refractivity contribution in [3.05, 3.63) is 28.8 Å². The van der Waals surface area contributed by atoms with Gasteiger partial charge in [-0.1, -0.05) is 0 Å². The lowest BCUT2D eigenvalue weighted by Gasteiger charge is -2.13. The molecule has 1 aromatic rings. The summed E-state index contributed by atoms with van der Waals surface area (Å²) in [6, 6.07) is 3.90. The Morgan fingerprint density at radius 2 is 2.10 bits per heavy atom. The smallest absolute Gasteiger partial charge is 0.446 e. The molecule has 0 heterocycles. The molecule has 21 heavy (non-hydrogen) atoms. The topological polar surface area (TPSA) is 70.3 Å². The maximum Gasteiger partial charge on any atom is 0.446 e. The zero-order valence-corrected chi connectivity index (χ0v) is 11.8. The molecule has 1 rings (SSSR count). The number of nitrogens with zero attached hydrogens (tertiary/aromatic N) is 1. The Morgan fingerprint density at radius 3 is 2.57 bits per heavy atom. The van der Waals surface area contributed by atoms with Crippen molar-refractivity contribution in [2.24, 2.45) is 0 Å². The molecule has 0 amide bonds. The summed E-state index contributed by atoms with van der Waals surface area (Å²) in [6.45, 7) is 1.27. The predicted octanol–water partition coefficient (Wildman–Crippen LogP) is 2.77. The van der Waals surface area contributed by atoms with E-state index in [0.29, 0.717) is 0 Å². The van der Waals surface area contributed by atoms with Gasteiger partial charge in [0.2, 0.25) is 0 Å². The van der Waals surface area contributed by atoms with Crippen LogP contribution in [0, 0.1) is 11.3 Å². The Morgan fingerprint density at radius 1 is 1.43 bits per heavy atom. The zero-order valence-electron chi connectivity index (χ0n) is 11.0. The summed E-state index contributed by atoms with van der Waals surface area (Å²) < 4.78 is 42.1. The highest BCUT2D eigenvalue weighted by atomic mass is 32.2. The molecule has 0 aliphatic heterocycles. The molecule has 0 aliphatic rings. The lowest BCUT2D eigenvalue weighted by Crippen LogP contribution is -2.10. The van der Waals surface area contributed by atoms with Gasteiger partial charge in [0.25, 0.3) is 0 Å². The summed E-state index contributed by atoms with van der Waals surface area (Å²) in [5, 5.41) is 18.1. The third kappa shape index (κ3) is 5.28. The van der Waals surface area contributed by atoms with Crippen molar-refractivity contribution in [3.63, 3.8) is 0 Å². The minimum absolute atomic E-state index is 0.147. The summed E-state index contributed by atoms with van der Waals surface area (Å²) in [7, 11) is 0. The van der Waals surface area contributed by atoms with Gasteiger partial charge < -0.3 is 9.84 Å². The van der Waals surface area contributed by atoms with Crippen LogP contribution in [0.2, 0.25) is 0 Å². The third-order valence-corrected chi connectivity index (χ3v) is 3.25. The molecule has 0 saturated carbocycles. The van der Waals surface area contributed by atoms with Crippen molar-refractivity contribution in [1.82, 2.24) is 0 Å². The van der Waals surface area contributed by atoms with Crippen molar-refractivity contribution in [2.75, 3.05) is 6.61 Å². The Balaban J connectivity index is 3.20. The fourth-order valence-electron chi connectivity index (χ4n) is 1.64. The van der Waals surface area contributed by atoms with Crippen LogP contribution in [0.3, 0.4) is 0 Å². The van der Waals surface area contributed by atoms with Crippen molar-refractivity contribution < 1.29 is 27.8 Å². The fourth-order valence-corrected chi connectivity index (χ4v) is 2.31. The van der Waals surface area contributed by atoms with Crippen LogP contribution in [0.4, 0.5) is 13.2 Å². The molecule has 0 radical (unpaired) electrons. The molecule has 0 saturated heterocycles. The van der Waals surface area contributed by atoms with E-state index in [9.17, 15) is 23.1 Å². The maximum atomic E-state index is 12.5. The highest BCUT2D eigenvalue weighted by molar-refractivity contribution is 8.00. The van der Waals surface area contributed by atoms with Crippen molar-refractivity contribution >= 4 is 17.7 Å². The van der Waals surface area contributed by atoms with Gasteiger partial charge in [-0.25, -0.2) is 0 Å². The lowest BCUT2D eigenvalue weighted by atomic mass is 10.0. The molecule has 0 fully saturated rings. The minimum atomic E-state index is -4.55. The first-order valence-electron chi connectivity index (χ1n) is 5.88. The first-order chi connectivity index (χ1) is 9.80. The van der Waals surface area contributed by atoms with E-state index < -0.39 is 29.8 Å². The minimum Gasteiger partial charge on any atom is -0.466 e. The largest absolute Gasteiger partial charge is 0.466 e. The van der Waals surface area contributed by atoms with E-state index in [2.05, 4.69) is 0 Å². The van der Waals surface area contributed by atoms with E-state index in [4.69, 9.17) is 10.00 Å². The van der Waals surface area contributed by atoms with Gasteiger partial charge in [-0.2, -0.15) is 18.4 Å². The number of aliphatic hydroxyl groups excluding tert-OH is 1. The van der Waals surface area contributed by atoms with Gasteiger partial charge in [-0.05, 0) is 41.9 Å². The number of aliphatic hydroxyl groups is 1. The first kappa shape index (κ1) is 17.3. The number of nitriles is 1. The second kappa shape index (κ2) is 7.33. The molecule has 0 spiro atoms. The van der Waals surface area contributed by atoms with E-state index in [1.165, 1.54) is 0 Å². The van der Waals surface area contributed by atoms with E-state index >= 15 is 0 Å². The van der Waals surface area contributed by atoms with Crippen LogP contribution < -0.4 is 0 Å². The first-order valence-corrected chi connectivity index (χ1v) is 6.70. The number of thioether (sulfide) groups is 1. The summed E-state index contributed by atoms with van der Waals surface area (Å²) in [5.74, 6) is -0.611. The van der Waals surface area contributed by atoms with E-state index in [-0.39, 0.29) is 34.6 Å². The number of alkyl halides is 3. The second-order valence-electron chi connectivity index (χ2n) is 3.92. The number of ether oxygens (including phenoxy) is 1. The fraction of sp³-hybridized carbons (Fsp3) is 0.385. The number of rotatable bonds is 5. The van der Waals surface area contributed by atoms with Crippen molar-refractivity contribution in [3.8, 4) is 6.07 Å². The highest BCUT2D eigenvalue weighted by Gasteiger charge is 2.31. The Bertz CT molecular complexity index is 567. The Kier molecular flexibility index (Phi) is 6.05.